The first-order valence-electron chi connectivity index (χ1n) is 5.02. The van der Waals surface area contributed by atoms with Crippen LogP contribution in [0.4, 0.5) is 0 Å². The summed E-state index contributed by atoms with van der Waals surface area (Å²) in [5.74, 6) is -0.836. The molecule has 0 aliphatic carbocycles. The molecule has 16 heavy (non-hydrogen) atoms. The summed E-state index contributed by atoms with van der Waals surface area (Å²) in [7, 11) is 0. The van der Waals surface area contributed by atoms with Gasteiger partial charge in [-0.3, -0.25) is 0 Å². The molecule has 0 atom stereocenters. The van der Waals surface area contributed by atoms with Crippen molar-refractivity contribution in [3.8, 4) is 11.1 Å². The van der Waals surface area contributed by atoms with Crippen LogP contribution in [0.1, 0.15) is 0 Å². The maximum Gasteiger partial charge on any atom is 0.370 e. The smallest absolute Gasteiger partial charge is 0.370 e. The van der Waals surface area contributed by atoms with Gasteiger partial charge < -0.3 is 5.11 Å². The lowest BCUT2D eigenvalue weighted by atomic mass is 10.1. The average Bonchev–Trinajstić information content (AvgIpc) is 2.30. The van der Waals surface area contributed by atoms with Crippen LogP contribution in [0.3, 0.4) is 0 Å². The van der Waals surface area contributed by atoms with Gasteiger partial charge in [-0.2, -0.15) is 4.57 Å². The molecule has 0 unspecified atom stereocenters. The van der Waals surface area contributed by atoms with E-state index in [0.717, 1.165) is 11.1 Å². The number of benzene rings is 1. The Kier molecular flexibility index (Phi) is 2.96. The molecule has 0 aliphatic rings. The standard InChI is InChI=1S/C13H11NO2/c15-13(16)10-14-8-6-12(7-9-14)11-4-2-1-3-5-11/h1-9H,10H2/p+1. The van der Waals surface area contributed by atoms with E-state index in [0.29, 0.717) is 0 Å². The lowest BCUT2D eigenvalue weighted by Gasteiger charge is -1.99. The first-order chi connectivity index (χ1) is 7.75. The Bertz CT molecular complexity index is 477. The molecule has 1 heterocycles. The van der Waals surface area contributed by atoms with Gasteiger partial charge in [-0.15, -0.1) is 0 Å². The lowest BCUT2D eigenvalue weighted by molar-refractivity contribution is -0.685. The van der Waals surface area contributed by atoms with Crippen molar-refractivity contribution in [2.75, 3.05) is 0 Å². The van der Waals surface area contributed by atoms with Crippen LogP contribution >= 0.6 is 0 Å². The van der Waals surface area contributed by atoms with E-state index < -0.39 is 5.97 Å². The van der Waals surface area contributed by atoms with Crippen molar-refractivity contribution < 1.29 is 14.5 Å². The molecular weight excluding hydrogens is 202 g/mol. The summed E-state index contributed by atoms with van der Waals surface area (Å²) in [6, 6.07) is 13.8. The Labute approximate surface area is 93.6 Å². The molecule has 3 heteroatoms. The van der Waals surface area contributed by atoms with E-state index >= 15 is 0 Å². The summed E-state index contributed by atoms with van der Waals surface area (Å²) in [6.07, 6.45) is 3.55. The van der Waals surface area contributed by atoms with Crippen LogP contribution in [0.15, 0.2) is 54.9 Å². The second-order valence-corrected chi connectivity index (χ2v) is 3.52. The van der Waals surface area contributed by atoms with Gasteiger partial charge in [0.15, 0.2) is 12.4 Å². The van der Waals surface area contributed by atoms with Crippen LogP contribution in [0, 0.1) is 0 Å². The van der Waals surface area contributed by atoms with Crippen LogP contribution in [-0.2, 0) is 11.3 Å². The third kappa shape index (κ3) is 2.45. The largest absolute Gasteiger partial charge is 0.477 e. The maximum atomic E-state index is 10.5. The Hall–Kier alpha value is -2.16. The number of aliphatic carboxylic acids is 1. The van der Waals surface area contributed by atoms with Crippen LogP contribution in [0.25, 0.3) is 11.1 Å². The highest BCUT2D eigenvalue weighted by Gasteiger charge is 2.06. The zero-order valence-corrected chi connectivity index (χ0v) is 8.71. The molecule has 0 spiro atoms. The van der Waals surface area contributed by atoms with Crippen molar-refractivity contribution in [2.45, 2.75) is 6.54 Å². The minimum atomic E-state index is -0.836. The van der Waals surface area contributed by atoms with E-state index in [2.05, 4.69) is 0 Å². The number of pyridine rings is 1. The molecule has 0 radical (unpaired) electrons. The quantitative estimate of drug-likeness (QED) is 0.790. The van der Waals surface area contributed by atoms with Crippen LogP contribution in [0.5, 0.6) is 0 Å². The van der Waals surface area contributed by atoms with Gasteiger partial charge in [0.05, 0.1) is 0 Å². The van der Waals surface area contributed by atoms with E-state index in [1.807, 2.05) is 42.5 Å². The molecular formula is C13H12NO2+. The summed E-state index contributed by atoms with van der Waals surface area (Å²) >= 11 is 0. The zero-order valence-electron chi connectivity index (χ0n) is 8.71. The number of rotatable bonds is 3. The molecule has 1 N–H and O–H groups in total. The van der Waals surface area contributed by atoms with Crippen LogP contribution in [0.2, 0.25) is 0 Å². The number of aromatic nitrogens is 1. The zero-order chi connectivity index (χ0) is 11.4. The number of carbonyl (C=O) groups is 1. The van der Waals surface area contributed by atoms with E-state index in [-0.39, 0.29) is 6.54 Å². The van der Waals surface area contributed by atoms with Crippen molar-refractivity contribution in [1.29, 1.82) is 0 Å². The molecule has 0 fully saturated rings. The molecule has 0 bridgehead atoms. The average molecular weight is 214 g/mol. The van der Waals surface area contributed by atoms with Gasteiger partial charge in [0.25, 0.3) is 0 Å². The van der Waals surface area contributed by atoms with Crippen molar-refractivity contribution in [1.82, 2.24) is 0 Å². The third-order valence-corrected chi connectivity index (χ3v) is 2.32. The minimum Gasteiger partial charge on any atom is -0.477 e. The van der Waals surface area contributed by atoms with Crippen molar-refractivity contribution >= 4 is 5.97 Å². The first-order valence-corrected chi connectivity index (χ1v) is 5.02. The van der Waals surface area contributed by atoms with E-state index in [9.17, 15) is 4.79 Å². The predicted molar refractivity (Wildman–Crippen MR) is 59.7 cm³/mol. The second-order valence-electron chi connectivity index (χ2n) is 3.52. The van der Waals surface area contributed by atoms with Crippen LogP contribution < -0.4 is 4.57 Å². The van der Waals surface area contributed by atoms with E-state index in [4.69, 9.17) is 5.11 Å². The number of nitrogens with zero attached hydrogens (tertiary/aromatic N) is 1. The summed E-state index contributed by atoms with van der Waals surface area (Å²) in [4.78, 5) is 10.5. The van der Waals surface area contributed by atoms with Gasteiger partial charge in [-0.1, -0.05) is 30.3 Å². The second kappa shape index (κ2) is 4.57. The molecule has 3 nitrogen and oxygen atoms in total. The van der Waals surface area contributed by atoms with Crippen LogP contribution in [-0.4, -0.2) is 11.1 Å². The first kappa shape index (κ1) is 10.4. The third-order valence-electron chi connectivity index (χ3n) is 2.32. The SMILES string of the molecule is O=C(O)C[n+]1ccc(-c2ccccc2)cc1. The van der Waals surface area contributed by atoms with Gasteiger partial charge in [-0.25, -0.2) is 4.79 Å². The predicted octanol–water partition coefficient (Wildman–Crippen LogP) is 1.73. The Morgan fingerprint density at radius 3 is 2.12 bits per heavy atom. The molecule has 0 saturated heterocycles. The number of hydrogen-bond donors (Lipinski definition) is 1. The Morgan fingerprint density at radius 2 is 1.56 bits per heavy atom. The van der Waals surface area contributed by atoms with Crippen molar-refractivity contribution in [3.05, 3.63) is 54.9 Å². The Balaban J connectivity index is 2.23. The van der Waals surface area contributed by atoms with Gasteiger partial charge in [0.2, 0.25) is 6.54 Å². The fraction of sp³-hybridized carbons (Fsp3) is 0.0769. The summed E-state index contributed by atoms with van der Waals surface area (Å²) < 4.78 is 1.63. The fourth-order valence-electron chi connectivity index (χ4n) is 1.54. The lowest BCUT2D eigenvalue weighted by Crippen LogP contribution is -2.36. The van der Waals surface area contributed by atoms with Crippen molar-refractivity contribution in [3.63, 3.8) is 0 Å². The summed E-state index contributed by atoms with van der Waals surface area (Å²) in [6.45, 7) is -0.00489. The minimum absolute atomic E-state index is 0.00489. The van der Waals surface area contributed by atoms with E-state index in [1.165, 1.54) is 0 Å². The van der Waals surface area contributed by atoms with Crippen molar-refractivity contribution in [2.24, 2.45) is 0 Å². The highest BCUT2D eigenvalue weighted by molar-refractivity contribution is 5.65. The summed E-state index contributed by atoms with van der Waals surface area (Å²) in [5, 5.41) is 8.63. The van der Waals surface area contributed by atoms with Gasteiger partial charge in [-0.05, 0) is 11.1 Å². The molecule has 0 amide bonds. The summed E-state index contributed by atoms with van der Waals surface area (Å²) in [5.41, 5.74) is 2.22. The molecule has 1 aromatic carbocycles. The molecule has 80 valence electrons. The number of hydrogen-bond acceptors (Lipinski definition) is 1. The molecule has 0 aliphatic heterocycles. The number of carboxylic acids is 1. The normalized spacial score (nSPS) is 10.0. The van der Waals surface area contributed by atoms with Gasteiger partial charge >= 0.3 is 5.97 Å². The number of carboxylic acid groups (broad SMARTS) is 1. The molecule has 2 aromatic rings. The topological polar surface area (TPSA) is 41.2 Å². The highest BCUT2D eigenvalue weighted by atomic mass is 16.4. The van der Waals surface area contributed by atoms with E-state index in [1.54, 1.807) is 17.0 Å². The maximum absolute atomic E-state index is 10.5. The monoisotopic (exact) mass is 214 g/mol. The molecule has 2 rings (SSSR count). The Morgan fingerprint density at radius 1 is 1.00 bits per heavy atom. The van der Waals surface area contributed by atoms with Gasteiger partial charge in [0.1, 0.15) is 0 Å². The molecule has 1 aromatic heterocycles. The fourth-order valence-corrected chi connectivity index (χ4v) is 1.54. The highest BCUT2D eigenvalue weighted by Crippen LogP contribution is 2.16. The van der Waals surface area contributed by atoms with Gasteiger partial charge in [0, 0.05) is 12.1 Å². The molecule has 0 saturated carbocycles.